The Hall–Kier alpha value is -1.41. The smallest absolute Gasteiger partial charge is 0.322 e. The summed E-state index contributed by atoms with van der Waals surface area (Å²) in [5.74, 6) is 0.0900. The molecule has 1 saturated carbocycles. The van der Waals surface area contributed by atoms with Crippen LogP contribution in [0.4, 0.5) is 11.6 Å². The maximum absolute atomic E-state index is 10.7. The molecule has 3 N–H and O–H groups in total. The number of methoxy groups -OCH3 is 1. The van der Waals surface area contributed by atoms with E-state index in [2.05, 4.69) is 36.5 Å². The molecule has 7 nitrogen and oxygen atoms in total. The van der Waals surface area contributed by atoms with E-state index in [9.17, 15) is 4.79 Å². The van der Waals surface area contributed by atoms with Crippen molar-refractivity contribution in [1.29, 1.82) is 0 Å². The Morgan fingerprint density at radius 3 is 2.76 bits per heavy atom. The lowest BCUT2D eigenvalue weighted by Crippen LogP contribution is -2.30. The molecule has 0 radical (unpaired) electrons. The van der Waals surface area contributed by atoms with Crippen LogP contribution in [0.15, 0.2) is 10.8 Å². The number of nitrogens with zero attached hydrogens (tertiary/aromatic N) is 2. The van der Waals surface area contributed by atoms with Crippen LogP contribution in [0, 0.1) is 0 Å². The summed E-state index contributed by atoms with van der Waals surface area (Å²) in [4.78, 5) is 19.2. The third-order valence-corrected chi connectivity index (χ3v) is 3.88. The molecule has 0 spiro atoms. The number of rotatable bonds is 6. The molecule has 0 saturated heterocycles. The van der Waals surface area contributed by atoms with E-state index in [-0.39, 0.29) is 6.54 Å². The van der Waals surface area contributed by atoms with Gasteiger partial charge in [0.15, 0.2) is 11.6 Å². The highest BCUT2D eigenvalue weighted by molar-refractivity contribution is 9.10. The fraction of sp³-hybridized carbons (Fsp3) is 0.615. The number of carbonyl (C=O) groups is 1. The highest BCUT2D eigenvalue weighted by atomic mass is 79.9. The fourth-order valence-electron chi connectivity index (χ4n) is 2.39. The first kappa shape index (κ1) is 16.0. The Kier molecular flexibility index (Phi) is 5.75. The SMILES string of the molecule is COC1CCC(Nc2nc(Br)cnc2NCC(=O)O)CC1. The number of aromatic nitrogens is 2. The molecule has 1 aromatic heterocycles. The average Bonchev–Trinajstić information content (AvgIpc) is 2.47. The maximum Gasteiger partial charge on any atom is 0.322 e. The van der Waals surface area contributed by atoms with Gasteiger partial charge in [0.2, 0.25) is 0 Å². The first-order chi connectivity index (χ1) is 10.1. The number of ether oxygens (including phenoxy) is 1. The van der Waals surface area contributed by atoms with Gasteiger partial charge in [-0.1, -0.05) is 0 Å². The average molecular weight is 359 g/mol. The molecule has 116 valence electrons. The van der Waals surface area contributed by atoms with Crippen molar-refractivity contribution in [3.8, 4) is 0 Å². The first-order valence-corrected chi connectivity index (χ1v) is 7.65. The molecule has 0 bridgehead atoms. The molecule has 21 heavy (non-hydrogen) atoms. The third-order valence-electron chi connectivity index (χ3n) is 3.50. The van der Waals surface area contributed by atoms with Gasteiger partial charge in [-0.3, -0.25) is 4.79 Å². The minimum atomic E-state index is -0.939. The summed E-state index contributed by atoms with van der Waals surface area (Å²) in [7, 11) is 1.74. The molecule has 0 unspecified atom stereocenters. The number of halogens is 1. The number of carboxylic acids is 1. The zero-order valence-corrected chi connectivity index (χ0v) is 13.4. The van der Waals surface area contributed by atoms with Crippen LogP contribution >= 0.6 is 15.9 Å². The minimum absolute atomic E-state index is 0.193. The quantitative estimate of drug-likeness (QED) is 0.716. The van der Waals surface area contributed by atoms with E-state index in [0.717, 1.165) is 25.7 Å². The molecule has 1 aromatic rings. The van der Waals surface area contributed by atoms with Crippen LogP contribution in [-0.4, -0.2) is 46.8 Å². The summed E-state index contributed by atoms with van der Waals surface area (Å²) in [5.41, 5.74) is 0. The lowest BCUT2D eigenvalue weighted by molar-refractivity contribution is -0.134. The van der Waals surface area contributed by atoms with E-state index in [1.165, 1.54) is 6.20 Å². The zero-order valence-electron chi connectivity index (χ0n) is 11.8. The van der Waals surface area contributed by atoms with E-state index in [4.69, 9.17) is 9.84 Å². The van der Waals surface area contributed by atoms with Crippen molar-refractivity contribution in [2.45, 2.75) is 37.8 Å². The molecule has 1 aliphatic rings. The van der Waals surface area contributed by atoms with Crippen LogP contribution < -0.4 is 10.6 Å². The van der Waals surface area contributed by atoms with Crippen LogP contribution in [-0.2, 0) is 9.53 Å². The van der Waals surface area contributed by atoms with Gasteiger partial charge in [-0.15, -0.1) is 0 Å². The number of anilines is 2. The highest BCUT2D eigenvalue weighted by Crippen LogP contribution is 2.26. The third kappa shape index (κ3) is 4.82. The second-order valence-corrected chi connectivity index (χ2v) is 5.80. The molecular weight excluding hydrogens is 340 g/mol. The van der Waals surface area contributed by atoms with Crippen molar-refractivity contribution in [3.05, 3.63) is 10.8 Å². The molecule has 1 aliphatic carbocycles. The van der Waals surface area contributed by atoms with E-state index in [1.807, 2.05) is 0 Å². The summed E-state index contributed by atoms with van der Waals surface area (Å²) < 4.78 is 5.96. The van der Waals surface area contributed by atoms with Crippen LogP contribution in [0.2, 0.25) is 0 Å². The van der Waals surface area contributed by atoms with Gasteiger partial charge in [-0.2, -0.15) is 0 Å². The van der Waals surface area contributed by atoms with Gasteiger partial charge in [-0.05, 0) is 41.6 Å². The Morgan fingerprint density at radius 2 is 2.14 bits per heavy atom. The van der Waals surface area contributed by atoms with Gasteiger partial charge in [0.1, 0.15) is 11.1 Å². The number of carboxylic acid groups (broad SMARTS) is 1. The van der Waals surface area contributed by atoms with Crippen LogP contribution in [0.1, 0.15) is 25.7 Å². The minimum Gasteiger partial charge on any atom is -0.480 e. The molecule has 8 heteroatoms. The van der Waals surface area contributed by atoms with E-state index in [0.29, 0.717) is 28.4 Å². The van der Waals surface area contributed by atoms with Crippen molar-refractivity contribution in [1.82, 2.24) is 9.97 Å². The Balaban J connectivity index is 2.01. The van der Waals surface area contributed by atoms with Crippen molar-refractivity contribution in [2.24, 2.45) is 0 Å². The van der Waals surface area contributed by atoms with Crippen LogP contribution in [0.5, 0.6) is 0 Å². The summed E-state index contributed by atoms with van der Waals surface area (Å²) in [5, 5.41) is 14.9. The van der Waals surface area contributed by atoms with Gasteiger partial charge in [0, 0.05) is 13.2 Å². The number of hydrogen-bond acceptors (Lipinski definition) is 6. The Labute approximate surface area is 131 Å². The summed E-state index contributed by atoms with van der Waals surface area (Å²) >= 11 is 3.28. The molecule has 0 aliphatic heterocycles. The maximum atomic E-state index is 10.7. The largest absolute Gasteiger partial charge is 0.480 e. The molecule has 1 fully saturated rings. The monoisotopic (exact) mass is 358 g/mol. The number of hydrogen-bond donors (Lipinski definition) is 3. The molecule has 0 amide bonds. The predicted molar refractivity (Wildman–Crippen MR) is 82.5 cm³/mol. The van der Waals surface area contributed by atoms with Gasteiger partial charge >= 0.3 is 5.97 Å². The summed E-state index contributed by atoms with van der Waals surface area (Å²) in [6.07, 6.45) is 5.87. The van der Waals surface area contributed by atoms with Crippen LogP contribution in [0.25, 0.3) is 0 Å². The Bertz CT molecular complexity index is 492. The van der Waals surface area contributed by atoms with Gasteiger partial charge < -0.3 is 20.5 Å². The Morgan fingerprint density at radius 1 is 1.43 bits per heavy atom. The zero-order chi connectivity index (χ0) is 15.2. The van der Waals surface area contributed by atoms with Gasteiger partial charge in [0.05, 0.1) is 12.3 Å². The lowest BCUT2D eigenvalue weighted by Gasteiger charge is -2.29. The molecule has 0 aromatic carbocycles. The van der Waals surface area contributed by atoms with Crippen molar-refractivity contribution in [2.75, 3.05) is 24.3 Å². The second-order valence-electron chi connectivity index (χ2n) is 4.99. The van der Waals surface area contributed by atoms with Crippen molar-refractivity contribution in [3.63, 3.8) is 0 Å². The molecule has 1 heterocycles. The lowest BCUT2D eigenvalue weighted by atomic mass is 9.93. The number of nitrogens with one attached hydrogen (secondary N) is 2. The normalized spacial score (nSPS) is 21.8. The first-order valence-electron chi connectivity index (χ1n) is 6.86. The fourth-order valence-corrected chi connectivity index (χ4v) is 2.67. The molecule has 2 rings (SSSR count). The molecule has 0 atom stereocenters. The van der Waals surface area contributed by atoms with E-state index in [1.54, 1.807) is 7.11 Å². The predicted octanol–water partition coefficient (Wildman–Crippen LogP) is 2.11. The second kappa shape index (κ2) is 7.56. The summed E-state index contributed by atoms with van der Waals surface area (Å²) in [6.45, 7) is -0.193. The topological polar surface area (TPSA) is 96.4 Å². The van der Waals surface area contributed by atoms with Gasteiger partial charge in [0.25, 0.3) is 0 Å². The van der Waals surface area contributed by atoms with Crippen molar-refractivity contribution >= 4 is 33.5 Å². The molecular formula is C13H19BrN4O3. The van der Waals surface area contributed by atoms with Crippen molar-refractivity contribution < 1.29 is 14.6 Å². The number of aliphatic carboxylic acids is 1. The van der Waals surface area contributed by atoms with Gasteiger partial charge in [-0.25, -0.2) is 9.97 Å². The standard InChI is InChI=1S/C13H19BrN4O3/c1-21-9-4-2-8(3-5-9)17-13-12(16-7-11(19)20)15-6-10(14)18-13/h6,8-9H,2-5,7H2,1H3,(H,15,16)(H,17,18)(H,19,20). The van der Waals surface area contributed by atoms with E-state index < -0.39 is 5.97 Å². The van der Waals surface area contributed by atoms with E-state index >= 15 is 0 Å². The highest BCUT2D eigenvalue weighted by Gasteiger charge is 2.22. The van der Waals surface area contributed by atoms with Crippen LogP contribution in [0.3, 0.4) is 0 Å². The summed E-state index contributed by atoms with van der Waals surface area (Å²) in [6, 6.07) is 0.297.